The van der Waals surface area contributed by atoms with Crippen LogP contribution in [0.25, 0.3) is 0 Å². The smallest absolute Gasteiger partial charge is 0.0991 e. The molecule has 0 bridgehead atoms. The average molecular weight is 202 g/mol. The summed E-state index contributed by atoms with van der Waals surface area (Å²) in [6.07, 6.45) is 2.66. The van der Waals surface area contributed by atoms with Gasteiger partial charge in [-0.15, -0.1) is 0 Å². The molecule has 3 nitrogen and oxygen atoms in total. The van der Waals surface area contributed by atoms with Crippen molar-refractivity contribution in [1.82, 2.24) is 0 Å². The first-order valence-electron chi connectivity index (χ1n) is 5.24. The number of hydrogen-bond donors (Lipinski definition) is 1. The molecule has 1 aromatic carbocycles. The van der Waals surface area contributed by atoms with Gasteiger partial charge in [-0.1, -0.05) is 0 Å². The van der Waals surface area contributed by atoms with Gasteiger partial charge in [-0.2, -0.15) is 5.26 Å². The summed E-state index contributed by atoms with van der Waals surface area (Å²) in [7, 11) is 0. The number of rotatable bonds is 3. The van der Waals surface area contributed by atoms with Crippen LogP contribution in [0.1, 0.15) is 18.4 Å². The maximum absolute atomic E-state index is 8.64. The van der Waals surface area contributed by atoms with Crippen molar-refractivity contribution in [1.29, 1.82) is 5.26 Å². The molecule has 1 aromatic rings. The second kappa shape index (κ2) is 4.81. The third-order valence-electron chi connectivity index (χ3n) is 2.57. The highest BCUT2D eigenvalue weighted by molar-refractivity contribution is 5.47. The highest BCUT2D eigenvalue weighted by atomic mass is 16.5. The van der Waals surface area contributed by atoms with Crippen LogP contribution in [0, 0.1) is 11.3 Å². The van der Waals surface area contributed by atoms with E-state index in [-0.39, 0.29) is 0 Å². The summed E-state index contributed by atoms with van der Waals surface area (Å²) in [5, 5.41) is 11.9. The lowest BCUT2D eigenvalue weighted by molar-refractivity contribution is 0.120. The van der Waals surface area contributed by atoms with E-state index in [0.29, 0.717) is 11.7 Å². The van der Waals surface area contributed by atoms with E-state index in [1.54, 1.807) is 0 Å². The predicted molar refractivity (Wildman–Crippen MR) is 58.6 cm³/mol. The number of nitrogens with one attached hydrogen (secondary N) is 1. The summed E-state index contributed by atoms with van der Waals surface area (Å²) in [6, 6.07) is 9.58. The van der Waals surface area contributed by atoms with Crippen molar-refractivity contribution in [3.8, 4) is 6.07 Å². The Kier molecular flexibility index (Phi) is 3.21. The first-order valence-corrected chi connectivity index (χ1v) is 5.24. The monoisotopic (exact) mass is 202 g/mol. The third kappa shape index (κ3) is 2.71. The zero-order chi connectivity index (χ0) is 10.5. The molecule has 2 rings (SSSR count). The number of nitriles is 1. The fourth-order valence-electron chi connectivity index (χ4n) is 1.70. The minimum absolute atomic E-state index is 0.348. The van der Waals surface area contributed by atoms with Crippen LogP contribution in [0.2, 0.25) is 0 Å². The van der Waals surface area contributed by atoms with Crippen molar-refractivity contribution in [3.63, 3.8) is 0 Å². The molecule has 15 heavy (non-hydrogen) atoms. The van der Waals surface area contributed by atoms with Crippen LogP contribution >= 0.6 is 0 Å². The topological polar surface area (TPSA) is 45.0 Å². The molecule has 3 heteroatoms. The van der Waals surface area contributed by atoms with E-state index >= 15 is 0 Å². The molecule has 0 radical (unpaired) electrons. The number of anilines is 1. The third-order valence-corrected chi connectivity index (χ3v) is 2.57. The molecule has 0 saturated carbocycles. The Morgan fingerprint density at radius 2 is 2.20 bits per heavy atom. The Labute approximate surface area is 89.7 Å². The normalized spacial score (nSPS) is 19.8. The quantitative estimate of drug-likeness (QED) is 0.816. The average Bonchev–Trinajstić information content (AvgIpc) is 2.80. The standard InChI is InChI=1S/C12H14N2O/c13-8-10-3-5-11(6-4-10)14-9-12-2-1-7-15-12/h3-6,12,14H,1-2,7,9H2/t12-/m0/s1. The molecule has 0 unspecified atom stereocenters. The fourth-order valence-corrected chi connectivity index (χ4v) is 1.70. The van der Waals surface area contributed by atoms with Crippen molar-refractivity contribution in [3.05, 3.63) is 29.8 Å². The minimum atomic E-state index is 0.348. The summed E-state index contributed by atoms with van der Waals surface area (Å²) >= 11 is 0. The Hall–Kier alpha value is -1.53. The van der Waals surface area contributed by atoms with Gasteiger partial charge < -0.3 is 10.1 Å². The Balaban J connectivity index is 1.85. The molecule has 0 spiro atoms. The molecule has 0 aromatic heterocycles. The number of ether oxygens (including phenoxy) is 1. The van der Waals surface area contributed by atoms with Gasteiger partial charge in [0.1, 0.15) is 0 Å². The lowest BCUT2D eigenvalue weighted by Crippen LogP contribution is -2.18. The zero-order valence-electron chi connectivity index (χ0n) is 8.57. The van der Waals surface area contributed by atoms with Crippen molar-refractivity contribution < 1.29 is 4.74 Å². The van der Waals surface area contributed by atoms with Gasteiger partial charge in [-0.05, 0) is 37.1 Å². The van der Waals surface area contributed by atoms with E-state index < -0.39 is 0 Å². The molecule has 78 valence electrons. The highest BCUT2D eigenvalue weighted by Gasteiger charge is 2.14. The lowest BCUT2D eigenvalue weighted by Gasteiger charge is -2.11. The predicted octanol–water partition coefficient (Wildman–Crippen LogP) is 2.15. The van der Waals surface area contributed by atoms with E-state index in [1.165, 1.54) is 6.42 Å². The molecule has 1 N–H and O–H groups in total. The van der Waals surface area contributed by atoms with Crippen molar-refractivity contribution >= 4 is 5.69 Å². The van der Waals surface area contributed by atoms with Gasteiger partial charge >= 0.3 is 0 Å². The second-order valence-corrected chi connectivity index (χ2v) is 3.71. The van der Waals surface area contributed by atoms with Crippen LogP contribution in [0.5, 0.6) is 0 Å². The second-order valence-electron chi connectivity index (χ2n) is 3.71. The maximum Gasteiger partial charge on any atom is 0.0991 e. The first-order chi connectivity index (χ1) is 7.38. The molecule has 1 aliphatic rings. The molecule has 1 saturated heterocycles. The zero-order valence-corrected chi connectivity index (χ0v) is 8.57. The van der Waals surface area contributed by atoms with E-state index in [0.717, 1.165) is 25.3 Å². The highest BCUT2D eigenvalue weighted by Crippen LogP contribution is 2.14. The molecule has 1 atom stereocenters. The Morgan fingerprint density at radius 1 is 1.40 bits per heavy atom. The molecule has 0 aliphatic carbocycles. The van der Waals surface area contributed by atoms with Crippen LogP contribution in [-0.4, -0.2) is 19.3 Å². The van der Waals surface area contributed by atoms with Gasteiger partial charge in [0, 0.05) is 18.8 Å². The van der Waals surface area contributed by atoms with Gasteiger partial charge in [0.2, 0.25) is 0 Å². The van der Waals surface area contributed by atoms with Crippen molar-refractivity contribution in [2.45, 2.75) is 18.9 Å². The van der Waals surface area contributed by atoms with Crippen molar-refractivity contribution in [2.24, 2.45) is 0 Å². The number of hydrogen-bond acceptors (Lipinski definition) is 3. The minimum Gasteiger partial charge on any atom is -0.382 e. The molecular formula is C12H14N2O. The van der Waals surface area contributed by atoms with Gasteiger partial charge in [0.25, 0.3) is 0 Å². The van der Waals surface area contributed by atoms with E-state index in [9.17, 15) is 0 Å². The van der Waals surface area contributed by atoms with Gasteiger partial charge in [-0.25, -0.2) is 0 Å². The lowest BCUT2D eigenvalue weighted by atomic mass is 10.2. The van der Waals surface area contributed by atoms with Gasteiger partial charge in [0.05, 0.1) is 17.7 Å². The molecule has 0 amide bonds. The van der Waals surface area contributed by atoms with E-state index in [1.807, 2.05) is 24.3 Å². The first kappa shape index (κ1) is 10.0. The summed E-state index contributed by atoms with van der Waals surface area (Å²) in [6.45, 7) is 1.74. The van der Waals surface area contributed by atoms with E-state index in [4.69, 9.17) is 10.00 Å². The molecule has 1 fully saturated rings. The largest absolute Gasteiger partial charge is 0.382 e. The maximum atomic E-state index is 8.64. The van der Waals surface area contributed by atoms with Crippen molar-refractivity contribution in [2.75, 3.05) is 18.5 Å². The van der Waals surface area contributed by atoms with Crippen LogP contribution in [0.3, 0.4) is 0 Å². The molecule has 1 heterocycles. The SMILES string of the molecule is N#Cc1ccc(NC[C@@H]2CCCO2)cc1. The van der Waals surface area contributed by atoms with Crippen LogP contribution < -0.4 is 5.32 Å². The summed E-state index contributed by atoms with van der Waals surface area (Å²) < 4.78 is 5.50. The molecule has 1 aliphatic heterocycles. The van der Waals surface area contributed by atoms with Crippen LogP contribution in [0.4, 0.5) is 5.69 Å². The molecular weight excluding hydrogens is 188 g/mol. The number of nitrogens with zero attached hydrogens (tertiary/aromatic N) is 1. The summed E-state index contributed by atoms with van der Waals surface area (Å²) in [4.78, 5) is 0. The van der Waals surface area contributed by atoms with Gasteiger partial charge in [-0.3, -0.25) is 0 Å². The summed E-state index contributed by atoms with van der Waals surface area (Å²) in [5.74, 6) is 0. The van der Waals surface area contributed by atoms with Gasteiger partial charge in [0.15, 0.2) is 0 Å². The Morgan fingerprint density at radius 3 is 2.80 bits per heavy atom. The summed E-state index contributed by atoms with van der Waals surface area (Å²) in [5.41, 5.74) is 1.74. The van der Waals surface area contributed by atoms with E-state index in [2.05, 4.69) is 11.4 Å². The van der Waals surface area contributed by atoms with Crippen LogP contribution in [0.15, 0.2) is 24.3 Å². The number of benzene rings is 1. The Bertz CT molecular complexity index is 347. The fraction of sp³-hybridized carbons (Fsp3) is 0.417. The van der Waals surface area contributed by atoms with Crippen LogP contribution in [-0.2, 0) is 4.74 Å².